The molecule has 1 saturated heterocycles. The second-order valence-electron chi connectivity index (χ2n) is 9.36. The summed E-state index contributed by atoms with van der Waals surface area (Å²) in [6.45, 7) is 4.22. The first kappa shape index (κ1) is 27.4. The van der Waals surface area contributed by atoms with Crippen LogP contribution in [0.1, 0.15) is 61.9 Å². The number of carbonyl (C=O) groups excluding carboxylic acids is 1. The normalized spacial score (nSPS) is 20.9. The summed E-state index contributed by atoms with van der Waals surface area (Å²) in [6.07, 6.45) is 6.08. The molecule has 4 rings (SSSR count). The predicted octanol–water partition coefficient (Wildman–Crippen LogP) is 8.52. The molecule has 1 heterocycles. The molecule has 37 heavy (non-hydrogen) atoms. The summed E-state index contributed by atoms with van der Waals surface area (Å²) >= 11 is 12.4. The molecule has 0 spiro atoms. The van der Waals surface area contributed by atoms with Gasteiger partial charge >= 0.3 is 0 Å². The third-order valence-corrected chi connectivity index (χ3v) is 7.21. The van der Waals surface area contributed by atoms with Gasteiger partial charge in [0.15, 0.2) is 0 Å². The van der Waals surface area contributed by atoms with Crippen LogP contribution in [0.3, 0.4) is 0 Å². The van der Waals surface area contributed by atoms with Crippen molar-refractivity contribution in [2.75, 3.05) is 0 Å². The van der Waals surface area contributed by atoms with Crippen molar-refractivity contribution in [3.63, 3.8) is 0 Å². The average molecular weight is 541 g/mol. The van der Waals surface area contributed by atoms with E-state index in [-0.39, 0.29) is 23.8 Å². The molecule has 0 unspecified atom stereocenters. The van der Waals surface area contributed by atoms with Crippen molar-refractivity contribution < 1.29 is 13.9 Å². The first-order chi connectivity index (χ1) is 17.9. The third-order valence-electron chi connectivity index (χ3n) is 6.71. The number of amides is 1. The number of halogens is 3. The molecule has 3 aromatic rings. The van der Waals surface area contributed by atoms with Gasteiger partial charge in [0.25, 0.3) is 5.91 Å². The van der Waals surface area contributed by atoms with Crippen LogP contribution in [0, 0.1) is 5.82 Å². The maximum absolute atomic E-state index is 14.2. The van der Waals surface area contributed by atoms with Gasteiger partial charge in [-0.1, -0.05) is 92.0 Å². The SMILES string of the molecule is CCC=C[C@H](CCC)N1C(=O)[C@@H](Cc2ccc(F)cc2)O[C@H](c2ccc(Cl)cc2)[C@@H]1c1ccc(Cl)cc1. The van der Waals surface area contributed by atoms with Gasteiger partial charge in [-0.2, -0.15) is 0 Å². The molecule has 0 bridgehead atoms. The molecular formula is C31H32Cl2FNO2. The lowest BCUT2D eigenvalue weighted by Crippen LogP contribution is -2.55. The Hall–Kier alpha value is -2.66. The third kappa shape index (κ3) is 6.62. The number of carbonyl (C=O) groups is 1. The Labute approximate surface area is 228 Å². The highest BCUT2D eigenvalue weighted by atomic mass is 35.5. The Kier molecular flexibility index (Phi) is 9.42. The highest BCUT2D eigenvalue weighted by Crippen LogP contribution is 2.44. The highest BCUT2D eigenvalue weighted by Gasteiger charge is 2.46. The minimum atomic E-state index is -0.718. The second-order valence-corrected chi connectivity index (χ2v) is 10.2. The van der Waals surface area contributed by atoms with Crippen LogP contribution >= 0.6 is 23.2 Å². The molecule has 0 radical (unpaired) electrons. The number of benzene rings is 3. The predicted molar refractivity (Wildman–Crippen MR) is 148 cm³/mol. The smallest absolute Gasteiger partial charge is 0.253 e. The summed E-state index contributed by atoms with van der Waals surface area (Å²) in [5.74, 6) is -0.385. The molecule has 6 heteroatoms. The maximum Gasteiger partial charge on any atom is 0.253 e. The summed E-state index contributed by atoms with van der Waals surface area (Å²) in [4.78, 5) is 16.2. The Balaban J connectivity index is 1.84. The molecule has 1 fully saturated rings. The van der Waals surface area contributed by atoms with Crippen LogP contribution < -0.4 is 0 Å². The molecule has 0 N–H and O–H groups in total. The molecule has 1 amide bonds. The van der Waals surface area contributed by atoms with Gasteiger partial charge in [-0.3, -0.25) is 4.79 Å². The van der Waals surface area contributed by atoms with Crippen molar-refractivity contribution in [3.8, 4) is 0 Å². The van der Waals surface area contributed by atoms with Crippen molar-refractivity contribution in [2.45, 2.75) is 63.8 Å². The Morgan fingerprint density at radius 2 is 1.51 bits per heavy atom. The van der Waals surface area contributed by atoms with Gasteiger partial charge in [0, 0.05) is 16.5 Å². The zero-order valence-electron chi connectivity index (χ0n) is 21.1. The monoisotopic (exact) mass is 539 g/mol. The molecule has 1 aliphatic rings. The van der Waals surface area contributed by atoms with Crippen LogP contribution in [0.2, 0.25) is 10.0 Å². The number of ether oxygens (including phenoxy) is 1. The van der Waals surface area contributed by atoms with Crippen molar-refractivity contribution in [2.24, 2.45) is 0 Å². The highest BCUT2D eigenvalue weighted by molar-refractivity contribution is 6.30. The Bertz CT molecular complexity index is 1200. The lowest BCUT2D eigenvalue weighted by molar-refractivity contribution is -0.177. The number of rotatable bonds is 9. The number of hydrogen-bond donors (Lipinski definition) is 0. The van der Waals surface area contributed by atoms with Crippen LogP contribution in [0.15, 0.2) is 84.9 Å². The quantitative estimate of drug-likeness (QED) is 0.255. The van der Waals surface area contributed by atoms with Crippen molar-refractivity contribution >= 4 is 29.1 Å². The fraction of sp³-hybridized carbons (Fsp3) is 0.323. The summed E-state index contributed by atoms with van der Waals surface area (Å²) in [5, 5.41) is 1.26. The summed E-state index contributed by atoms with van der Waals surface area (Å²) in [5.41, 5.74) is 2.72. The summed E-state index contributed by atoms with van der Waals surface area (Å²) < 4.78 is 20.2. The number of hydrogen-bond acceptors (Lipinski definition) is 2. The Morgan fingerprint density at radius 1 is 0.919 bits per heavy atom. The lowest BCUT2D eigenvalue weighted by atomic mass is 9.88. The van der Waals surface area contributed by atoms with Crippen molar-refractivity contribution in [1.82, 2.24) is 4.90 Å². The number of allylic oxidation sites excluding steroid dienone is 1. The van der Waals surface area contributed by atoms with Crippen LogP contribution in [0.5, 0.6) is 0 Å². The van der Waals surface area contributed by atoms with E-state index in [4.69, 9.17) is 27.9 Å². The maximum atomic E-state index is 14.2. The zero-order valence-corrected chi connectivity index (χ0v) is 22.6. The molecule has 194 valence electrons. The van der Waals surface area contributed by atoms with Crippen LogP contribution in [-0.2, 0) is 16.0 Å². The van der Waals surface area contributed by atoms with Crippen molar-refractivity contribution in [1.29, 1.82) is 0 Å². The standard InChI is InChI=1S/C31H32Cl2FNO2/c1-3-5-7-27(6-4-2)35-29(22-10-14-24(32)15-11-22)30(23-12-16-25(33)17-13-23)37-28(31(35)36)20-21-8-18-26(34)19-9-21/h5,7-19,27-30H,3-4,6,20H2,1-2H3/t27-,28+,29-,30+/m0/s1. The van der Waals surface area contributed by atoms with E-state index in [0.29, 0.717) is 16.5 Å². The Morgan fingerprint density at radius 3 is 2.08 bits per heavy atom. The molecule has 4 atom stereocenters. The van der Waals surface area contributed by atoms with E-state index in [2.05, 4.69) is 26.0 Å². The van der Waals surface area contributed by atoms with Crippen LogP contribution in [0.25, 0.3) is 0 Å². The summed E-state index contributed by atoms with van der Waals surface area (Å²) in [7, 11) is 0. The molecule has 1 aliphatic heterocycles. The molecule has 3 aromatic carbocycles. The van der Waals surface area contributed by atoms with Crippen LogP contribution in [-0.4, -0.2) is 23.0 Å². The van der Waals surface area contributed by atoms with E-state index >= 15 is 0 Å². The first-order valence-electron chi connectivity index (χ1n) is 12.8. The molecule has 3 nitrogen and oxygen atoms in total. The van der Waals surface area contributed by atoms with E-state index in [9.17, 15) is 9.18 Å². The van der Waals surface area contributed by atoms with E-state index in [0.717, 1.165) is 36.0 Å². The molecule has 0 aliphatic carbocycles. The lowest BCUT2D eigenvalue weighted by Gasteiger charge is -2.48. The zero-order chi connectivity index (χ0) is 26.4. The topological polar surface area (TPSA) is 29.5 Å². The van der Waals surface area contributed by atoms with Gasteiger partial charge in [0.2, 0.25) is 0 Å². The van der Waals surface area contributed by atoms with E-state index in [1.54, 1.807) is 12.1 Å². The first-order valence-corrected chi connectivity index (χ1v) is 13.6. The molecule has 0 saturated carbocycles. The molecule has 0 aromatic heterocycles. The molecular weight excluding hydrogens is 508 g/mol. The number of nitrogens with zero attached hydrogens (tertiary/aromatic N) is 1. The fourth-order valence-corrected chi connectivity index (χ4v) is 5.18. The summed E-state index contributed by atoms with van der Waals surface area (Å²) in [6, 6.07) is 21.0. The van der Waals surface area contributed by atoms with Gasteiger partial charge in [-0.25, -0.2) is 4.39 Å². The van der Waals surface area contributed by atoms with Crippen LogP contribution in [0.4, 0.5) is 4.39 Å². The number of morpholine rings is 1. The van der Waals surface area contributed by atoms with E-state index in [1.165, 1.54) is 12.1 Å². The van der Waals surface area contributed by atoms with E-state index < -0.39 is 12.2 Å². The second kappa shape index (κ2) is 12.7. The van der Waals surface area contributed by atoms with Crippen molar-refractivity contribution in [3.05, 3.63) is 118 Å². The largest absolute Gasteiger partial charge is 0.358 e. The minimum Gasteiger partial charge on any atom is -0.358 e. The van der Waals surface area contributed by atoms with Gasteiger partial charge in [-0.15, -0.1) is 0 Å². The minimum absolute atomic E-state index is 0.0753. The fourth-order valence-electron chi connectivity index (χ4n) is 4.92. The van der Waals surface area contributed by atoms with E-state index in [1.807, 2.05) is 53.4 Å². The van der Waals surface area contributed by atoms with Gasteiger partial charge in [0.05, 0.1) is 12.1 Å². The van der Waals surface area contributed by atoms with Gasteiger partial charge in [-0.05, 0) is 65.9 Å². The van der Waals surface area contributed by atoms with Gasteiger partial charge in [0.1, 0.15) is 18.0 Å². The van der Waals surface area contributed by atoms with Gasteiger partial charge < -0.3 is 9.64 Å². The average Bonchev–Trinajstić information content (AvgIpc) is 2.90.